The Labute approximate surface area is 50.6 Å². The molecule has 0 saturated carbocycles. The van der Waals surface area contributed by atoms with Crippen molar-refractivity contribution in [3.8, 4) is 0 Å². The lowest BCUT2D eigenvalue weighted by atomic mass is 9.92. The lowest BCUT2D eigenvalue weighted by molar-refractivity contribution is 0.466. The maximum atomic E-state index is 5.69. The Hall–Kier alpha value is -0.300. The summed E-state index contributed by atoms with van der Waals surface area (Å²) in [5, 5.41) is 0. The van der Waals surface area contributed by atoms with Gasteiger partial charge in [0.15, 0.2) is 0 Å². The van der Waals surface area contributed by atoms with Gasteiger partial charge in [0.05, 0.1) is 0 Å². The van der Waals surface area contributed by atoms with E-state index in [4.69, 9.17) is 5.73 Å². The minimum absolute atomic E-state index is 0.323. The molecule has 0 saturated heterocycles. The zero-order chi connectivity index (χ0) is 5.98. The molecule has 1 nitrogen and oxygen atoms in total. The van der Waals surface area contributed by atoms with E-state index >= 15 is 0 Å². The van der Waals surface area contributed by atoms with Gasteiger partial charge >= 0.3 is 0 Å². The van der Waals surface area contributed by atoms with Crippen LogP contribution in [0.5, 0.6) is 0 Å². The quantitative estimate of drug-likeness (QED) is 0.468. The van der Waals surface area contributed by atoms with Crippen molar-refractivity contribution in [3.05, 3.63) is 12.2 Å². The molecule has 0 fully saturated rings. The third-order valence-corrected chi connectivity index (χ3v) is 1.80. The van der Waals surface area contributed by atoms with Crippen molar-refractivity contribution in [2.45, 2.75) is 25.8 Å². The third-order valence-electron chi connectivity index (χ3n) is 1.80. The van der Waals surface area contributed by atoms with Crippen molar-refractivity contribution in [3.63, 3.8) is 0 Å². The first-order valence-corrected chi connectivity index (χ1v) is 3.23. The SMILES string of the molecule is C[C@@H]1CCC=C[C@@H]1N. The van der Waals surface area contributed by atoms with Gasteiger partial charge in [-0.15, -0.1) is 0 Å². The summed E-state index contributed by atoms with van der Waals surface area (Å²) in [5.74, 6) is 0.694. The van der Waals surface area contributed by atoms with Crippen LogP contribution in [0.25, 0.3) is 0 Å². The molecule has 1 rings (SSSR count). The van der Waals surface area contributed by atoms with Gasteiger partial charge in [0.25, 0.3) is 0 Å². The van der Waals surface area contributed by atoms with E-state index < -0.39 is 0 Å². The van der Waals surface area contributed by atoms with Crippen LogP contribution < -0.4 is 5.73 Å². The minimum atomic E-state index is 0.323. The van der Waals surface area contributed by atoms with Crippen LogP contribution in [0.4, 0.5) is 0 Å². The van der Waals surface area contributed by atoms with Gasteiger partial charge in [0.1, 0.15) is 0 Å². The van der Waals surface area contributed by atoms with Gasteiger partial charge in [0, 0.05) is 6.04 Å². The summed E-state index contributed by atoms with van der Waals surface area (Å²) in [6.45, 7) is 2.20. The van der Waals surface area contributed by atoms with Gasteiger partial charge in [-0.2, -0.15) is 0 Å². The largest absolute Gasteiger partial charge is 0.324 e. The molecule has 2 N–H and O–H groups in total. The Bertz CT molecular complexity index is 96.6. The first kappa shape index (κ1) is 5.83. The molecule has 1 aliphatic rings. The highest BCUT2D eigenvalue weighted by molar-refractivity contribution is 4.98. The highest BCUT2D eigenvalue weighted by Gasteiger charge is 2.11. The van der Waals surface area contributed by atoms with Gasteiger partial charge in [-0.05, 0) is 18.8 Å². The molecule has 0 heterocycles. The highest BCUT2D eigenvalue weighted by Crippen LogP contribution is 2.15. The Morgan fingerprint density at radius 2 is 2.38 bits per heavy atom. The first-order valence-electron chi connectivity index (χ1n) is 3.23. The zero-order valence-electron chi connectivity index (χ0n) is 5.30. The van der Waals surface area contributed by atoms with E-state index in [1.165, 1.54) is 12.8 Å². The molecule has 46 valence electrons. The van der Waals surface area contributed by atoms with E-state index in [2.05, 4.69) is 19.1 Å². The maximum Gasteiger partial charge on any atom is 0.0249 e. The average Bonchev–Trinajstić information content (AvgIpc) is 1.77. The Kier molecular flexibility index (Phi) is 1.69. The topological polar surface area (TPSA) is 26.0 Å². The van der Waals surface area contributed by atoms with Crippen molar-refractivity contribution < 1.29 is 0 Å². The predicted molar refractivity (Wildman–Crippen MR) is 35.5 cm³/mol. The second-order valence-electron chi connectivity index (χ2n) is 2.56. The van der Waals surface area contributed by atoms with E-state index in [9.17, 15) is 0 Å². The van der Waals surface area contributed by atoms with Gasteiger partial charge in [-0.25, -0.2) is 0 Å². The Morgan fingerprint density at radius 1 is 1.62 bits per heavy atom. The molecule has 0 bridgehead atoms. The molecule has 1 heteroatoms. The number of nitrogens with two attached hydrogens (primary N) is 1. The normalized spacial score (nSPS) is 37.8. The Morgan fingerprint density at radius 3 is 2.75 bits per heavy atom. The molecule has 0 aromatic heterocycles. The van der Waals surface area contributed by atoms with Crippen molar-refractivity contribution in [1.29, 1.82) is 0 Å². The van der Waals surface area contributed by atoms with Crippen LogP contribution in [0.15, 0.2) is 12.2 Å². The van der Waals surface area contributed by atoms with Crippen LogP contribution in [0, 0.1) is 5.92 Å². The molecule has 0 radical (unpaired) electrons. The molecule has 0 aromatic rings. The molecule has 8 heavy (non-hydrogen) atoms. The lowest BCUT2D eigenvalue weighted by Crippen LogP contribution is -2.27. The summed E-state index contributed by atoms with van der Waals surface area (Å²) in [7, 11) is 0. The Balaban J connectivity index is 2.47. The number of allylic oxidation sites excluding steroid dienone is 1. The van der Waals surface area contributed by atoms with Crippen molar-refractivity contribution in [1.82, 2.24) is 0 Å². The van der Waals surface area contributed by atoms with Crippen LogP contribution in [0.2, 0.25) is 0 Å². The van der Waals surface area contributed by atoms with E-state index in [0.29, 0.717) is 12.0 Å². The molecule has 1 aliphatic carbocycles. The second kappa shape index (κ2) is 2.31. The highest BCUT2D eigenvalue weighted by atomic mass is 14.6. The zero-order valence-corrected chi connectivity index (χ0v) is 5.30. The monoisotopic (exact) mass is 111 g/mol. The minimum Gasteiger partial charge on any atom is -0.324 e. The molecule has 2 atom stereocenters. The summed E-state index contributed by atoms with van der Waals surface area (Å²) in [6, 6.07) is 0.323. The van der Waals surface area contributed by atoms with Gasteiger partial charge in [-0.1, -0.05) is 19.1 Å². The van der Waals surface area contributed by atoms with Crippen molar-refractivity contribution in [2.24, 2.45) is 11.7 Å². The van der Waals surface area contributed by atoms with Crippen LogP contribution in [0.3, 0.4) is 0 Å². The molecule has 0 aromatic carbocycles. The molecule has 0 aliphatic heterocycles. The lowest BCUT2D eigenvalue weighted by Gasteiger charge is -2.19. The molecule has 0 spiro atoms. The summed E-state index contributed by atoms with van der Waals surface area (Å²) in [5.41, 5.74) is 5.69. The second-order valence-corrected chi connectivity index (χ2v) is 2.56. The number of hydrogen-bond donors (Lipinski definition) is 1. The molecular weight excluding hydrogens is 98.1 g/mol. The summed E-state index contributed by atoms with van der Waals surface area (Å²) < 4.78 is 0. The van der Waals surface area contributed by atoms with E-state index in [1.807, 2.05) is 0 Å². The number of hydrogen-bond acceptors (Lipinski definition) is 1. The molecular formula is C7H13N. The molecule has 0 unspecified atom stereocenters. The molecule has 0 amide bonds. The first-order chi connectivity index (χ1) is 3.80. The van der Waals surface area contributed by atoms with Gasteiger partial charge < -0.3 is 5.73 Å². The fourth-order valence-corrected chi connectivity index (χ4v) is 0.995. The summed E-state index contributed by atoms with van der Waals surface area (Å²) in [4.78, 5) is 0. The fourth-order valence-electron chi connectivity index (χ4n) is 0.995. The fraction of sp³-hybridized carbons (Fsp3) is 0.714. The van der Waals surface area contributed by atoms with E-state index in [0.717, 1.165) is 0 Å². The summed E-state index contributed by atoms with van der Waals surface area (Å²) in [6.07, 6.45) is 6.76. The van der Waals surface area contributed by atoms with E-state index in [-0.39, 0.29) is 0 Å². The van der Waals surface area contributed by atoms with E-state index in [1.54, 1.807) is 0 Å². The maximum absolute atomic E-state index is 5.69. The van der Waals surface area contributed by atoms with Crippen molar-refractivity contribution >= 4 is 0 Å². The van der Waals surface area contributed by atoms with Crippen LogP contribution >= 0.6 is 0 Å². The smallest absolute Gasteiger partial charge is 0.0249 e. The van der Waals surface area contributed by atoms with Gasteiger partial charge in [-0.3, -0.25) is 0 Å². The van der Waals surface area contributed by atoms with Crippen molar-refractivity contribution in [2.75, 3.05) is 0 Å². The predicted octanol–water partition coefficient (Wildman–Crippen LogP) is 1.30. The number of rotatable bonds is 0. The van der Waals surface area contributed by atoms with Gasteiger partial charge in [0.2, 0.25) is 0 Å². The standard InChI is InChI=1S/C7H13N/c1-6-4-2-3-5-7(6)8/h3,5-7H,2,4,8H2,1H3/t6-,7+/m1/s1. The van der Waals surface area contributed by atoms with Crippen LogP contribution in [-0.4, -0.2) is 6.04 Å². The third kappa shape index (κ3) is 1.10. The summed E-state index contributed by atoms with van der Waals surface area (Å²) >= 11 is 0. The average molecular weight is 111 g/mol. The van der Waals surface area contributed by atoms with Crippen LogP contribution in [0.1, 0.15) is 19.8 Å². The van der Waals surface area contributed by atoms with Crippen LogP contribution in [-0.2, 0) is 0 Å².